The van der Waals surface area contributed by atoms with E-state index < -0.39 is 34.4 Å². The lowest BCUT2D eigenvalue weighted by molar-refractivity contribution is -0.384. The zero-order chi connectivity index (χ0) is 27.6. The maximum atomic E-state index is 13.3. The molecule has 12 heteroatoms. The second-order valence-electron chi connectivity index (χ2n) is 8.30. The Hall–Kier alpha value is -4.58. The molecule has 0 spiro atoms. The van der Waals surface area contributed by atoms with Crippen molar-refractivity contribution in [3.8, 4) is 5.75 Å². The summed E-state index contributed by atoms with van der Waals surface area (Å²) in [5.41, 5.74) is 0.437. The molecule has 1 unspecified atom stereocenters. The molecule has 3 aromatic rings. The number of nitro benzene ring substituents is 1. The zero-order valence-electron chi connectivity index (χ0n) is 20.7. The molecule has 1 saturated heterocycles. The van der Waals surface area contributed by atoms with E-state index in [0.29, 0.717) is 23.6 Å². The summed E-state index contributed by atoms with van der Waals surface area (Å²) >= 11 is 0.858. The molecule has 38 heavy (non-hydrogen) atoms. The highest BCUT2D eigenvalue weighted by molar-refractivity contribution is 7.17. The van der Waals surface area contributed by atoms with Crippen LogP contribution in [0, 0.1) is 17.0 Å². The van der Waals surface area contributed by atoms with Gasteiger partial charge in [0.05, 0.1) is 35.9 Å². The van der Waals surface area contributed by atoms with Crippen LogP contribution in [0.5, 0.6) is 5.75 Å². The van der Waals surface area contributed by atoms with Gasteiger partial charge in [0.2, 0.25) is 0 Å². The number of non-ortho nitro benzene ring substituents is 1. The summed E-state index contributed by atoms with van der Waals surface area (Å²) in [5, 5.41) is 22.5. The molecule has 4 rings (SSSR count). The molecule has 0 saturated carbocycles. The molecule has 1 atom stereocenters. The number of methoxy groups -OCH3 is 1. The van der Waals surface area contributed by atoms with Gasteiger partial charge in [0, 0.05) is 17.7 Å². The third kappa shape index (κ3) is 4.85. The van der Waals surface area contributed by atoms with Crippen LogP contribution in [0.15, 0.2) is 54.1 Å². The molecule has 2 aromatic carbocycles. The minimum atomic E-state index is -1.17. The van der Waals surface area contributed by atoms with Crippen molar-refractivity contribution in [3.05, 3.63) is 85.9 Å². The molecule has 11 nitrogen and oxygen atoms in total. The molecule has 1 aliphatic rings. The number of benzene rings is 2. The Bertz CT molecular complexity index is 1460. The van der Waals surface area contributed by atoms with E-state index in [9.17, 15) is 29.6 Å². The lowest BCUT2D eigenvalue weighted by Crippen LogP contribution is -2.29. The first-order valence-corrected chi connectivity index (χ1v) is 12.3. The Kier molecular flexibility index (Phi) is 7.53. The number of aliphatic hydroxyl groups excluding tert-OH is 1. The second-order valence-corrected chi connectivity index (χ2v) is 9.27. The smallest absolute Gasteiger partial charge is 0.350 e. The van der Waals surface area contributed by atoms with Crippen LogP contribution in [0.4, 0.5) is 10.8 Å². The lowest BCUT2D eigenvalue weighted by Gasteiger charge is -2.23. The van der Waals surface area contributed by atoms with E-state index in [-0.39, 0.29) is 26.8 Å². The van der Waals surface area contributed by atoms with Crippen LogP contribution < -0.4 is 9.64 Å². The summed E-state index contributed by atoms with van der Waals surface area (Å²) in [6, 6.07) is 10.6. The van der Waals surface area contributed by atoms with Crippen molar-refractivity contribution in [2.45, 2.75) is 26.3 Å². The van der Waals surface area contributed by atoms with E-state index in [1.54, 1.807) is 31.2 Å². The van der Waals surface area contributed by atoms with Crippen LogP contribution in [0.2, 0.25) is 0 Å². The fourth-order valence-corrected chi connectivity index (χ4v) is 5.01. The van der Waals surface area contributed by atoms with E-state index in [4.69, 9.17) is 9.47 Å². The molecular formula is C26H23N3O8S. The number of aromatic nitrogens is 1. The third-order valence-corrected chi connectivity index (χ3v) is 6.94. The van der Waals surface area contributed by atoms with Crippen molar-refractivity contribution in [2.24, 2.45) is 0 Å². The molecule has 1 fully saturated rings. The average molecular weight is 538 g/mol. The maximum absolute atomic E-state index is 13.3. The molecule has 2 heterocycles. The quantitative estimate of drug-likeness (QED) is 0.109. The first kappa shape index (κ1) is 26.5. The SMILES string of the molecule is CCCOc1cccc(/C(O)=C2\C(=O)C(=O)N(c3nc(C)c(C(=O)OC)s3)C2c2ccc([N+](=O)[O-])cc2)c1. The third-order valence-electron chi connectivity index (χ3n) is 5.81. The minimum Gasteiger partial charge on any atom is -0.507 e. The topological polar surface area (TPSA) is 149 Å². The molecule has 1 aliphatic heterocycles. The van der Waals surface area contributed by atoms with E-state index in [1.165, 1.54) is 31.4 Å². The number of hydrogen-bond donors (Lipinski definition) is 1. The number of hydrogen-bond acceptors (Lipinski definition) is 10. The number of nitro groups is 1. The predicted octanol–water partition coefficient (Wildman–Crippen LogP) is 4.56. The van der Waals surface area contributed by atoms with Crippen molar-refractivity contribution in [1.82, 2.24) is 4.98 Å². The Balaban J connectivity index is 1.90. The van der Waals surface area contributed by atoms with E-state index >= 15 is 0 Å². The Morgan fingerprint density at radius 3 is 2.55 bits per heavy atom. The number of carbonyl (C=O) groups is 3. The van der Waals surface area contributed by atoms with Gasteiger partial charge in [-0.15, -0.1) is 0 Å². The highest BCUT2D eigenvalue weighted by Crippen LogP contribution is 2.44. The van der Waals surface area contributed by atoms with Gasteiger partial charge in [-0.3, -0.25) is 24.6 Å². The van der Waals surface area contributed by atoms with Crippen LogP contribution >= 0.6 is 11.3 Å². The standard InChI is InChI=1S/C26H23N3O8S/c1-4-12-37-18-7-5-6-16(13-18)21(30)19-20(15-8-10-17(11-9-15)29(34)35)28(24(32)22(19)31)26-27-14(2)23(38-26)25(33)36-3/h5-11,13,20,30H,4,12H2,1-3H3/b21-19+. The number of esters is 1. The van der Waals surface area contributed by atoms with Gasteiger partial charge in [-0.2, -0.15) is 0 Å². The molecular weight excluding hydrogens is 514 g/mol. The number of ketones is 1. The number of aliphatic hydroxyl groups is 1. The lowest BCUT2D eigenvalue weighted by atomic mass is 9.95. The number of nitrogens with zero attached hydrogens (tertiary/aromatic N) is 3. The normalized spacial score (nSPS) is 16.5. The highest BCUT2D eigenvalue weighted by Gasteiger charge is 2.48. The van der Waals surface area contributed by atoms with Crippen molar-refractivity contribution in [2.75, 3.05) is 18.6 Å². The van der Waals surface area contributed by atoms with Crippen LogP contribution in [-0.2, 0) is 14.3 Å². The Labute approximate surface area is 221 Å². The summed E-state index contributed by atoms with van der Waals surface area (Å²) in [6.07, 6.45) is 0.766. The number of rotatable bonds is 8. The molecule has 1 amide bonds. The number of aryl methyl sites for hydroxylation is 1. The van der Waals surface area contributed by atoms with E-state index in [0.717, 1.165) is 22.7 Å². The second kappa shape index (κ2) is 10.8. The Morgan fingerprint density at radius 2 is 1.92 bits per heavy atom. The zero-order valence-corrected chi connectivity index (χ0v) is 21.5. The molecule has 1 N–H and O–H groups in total. The summed E-state index contributed by atoms with van der Waals surface area (Å²) < 4.78 is 10.4. The van der Waals surface area contributed by atoms with Crippen LogP contribution in [0.1, 0.15) is 45.9 Å². The van der Waals surface area contributed by atoms with Gasteiger partial charge >= 0.3 is 11.9 Å². The predicted molar refractivity (Wildman–Crippen MR) is 138 cm³/mol. The highest BCUT2D eigenvalue weighted by atomic mass is 32.1. The number of anilines is 1. The number of thiazole rings is 1. The molecule has 0 aliphatic carbocycles. The minimum absolute atomic E-state index is 0.0347. The van der Waals surface area contributed by atoms with Gasteiger partial charge in [0.25, 0.3) is 11.5 Å². The van der Waals surface area contributed by atoms with Gasteiger partial charge in [-0.1, -0.05) is 30.4 Å². The van der Waals surface area contributed by atoms with Gasteiger partial charge < -0.3 is 14.6 Å². The number of amides is 1. The largest absolute Gasteiger partial charge is 0.507 e. The molecule has 1 aromatic heterocycles. The van der Waals surface area contributed by atoms with Crippen molar-refractivity contribution >= 4 is 45.6 Å². The van der Waals surface area contributed by atoms with Crippen LogP contribution in [0.25, 0.3) is 5.76 Å². The van der Waals surface area contributed by atoms with Gasteiger partial charge in [-0.05, 0) is 43.2 Å². The number of Topliss-reactive ketones (excluding diaryl/α,β-unsaturated/α-hetero) is 1. The average Bonchev–Trinajstić information content (AvgIpc) is 3.43. The summed E-state index contributed by atoms with van der Waals surface area (Å²) in [5.74, 6) is -2.58. The molecule has 196 valence electrons. The first-order chi connectivity index (χ1) is 18.2. The van der Waals surface area contributed by atoms with Gasteiger partial charge in [0.15, 0.2) is 5.13 Å². The summed E-state index contributed by atoms with van der Waals surface area (Å²) in [4.78, 5) is 55.0. The monoisotopic (exact) mass is 537 g/mol. The summed E-state index contributed by atoms with van der Waals surface area (Å²) in [7, 11) is 1.21. The molecule has 0 radical (unpaired) electrons. The fourth-order valence-electron chi connectivity index (χ4n) is 4.00. The van der Waals surface area contributed by atoms with Gasteiger partial charge in [-0.25, -0.2) is 9.78 Å². The Morgan fingerprint density at radius 1 is 1.21 bits per heavy atom. The number of carbonyl (C=O) groups excluding carboxylic acids is 3. The number of ether oxygens (including phenoxy) is 2. The van der Waals surface area contributed by atoms with Crippen LogP contribution in [-0.4, -0.2) is 46.4 Å². The van der Waals surface area contributed by atoms with Crippen molar-refractivity contribution in [3.63, 3.8) is 0 Å². The fraction of sp³-hybridized carbons (Fsp3) is 0.231. The summed E-state index contributed by atoms with van der Waals surface area (Å²) in [6.45, 7) is 3.95. The van der Waals surface area contributed by atoms with Gasteiger partial charge in [0.1, 0.15) is 16.4 Å². The first-order valence-electron chi connectivity index (χ1n) is 11.5. The van der Waals surface area contributed by atoms with Crippen molar-refractivity contribution < 1.29 is 33.9 Å². The van der Waals surface area contributed by atoms with E-state index in [1.807, 2.05) is 6.92 Å². The molecule has 0 bridgehead atoms. The maximum Gasteiger partial charge on any atom is 0.350 e. The van der Waals surface area contributed by atoms with E-state index in [2.05, 4.69) is 4.98 Å². The van der Waals surface area contributed by atoms with Crippen LogP contribution in [0.3, 0.4) is 0 Å². The van der Waals surface area contributed by atoms with Crippen molar-refractivity contribution in [1.29, 1.82) is 0 Å².